The number of nitrogens with one attached hydrogen (secondary N) is 1. The van der Waals surface area contributed by atoms with Gasteiger partial charge in [-0.1, -0.05) is 6.07 Å². The number of hydrogen-bond acceptors (Lipinski definition) is 3. The van der Waals surface area contributed by atoms with Crippen molar-refractivity contribution in [3.05, 3.63) is 76.4 Å². The Morgan fingerprint density at radius 2 is 2.04 bits per heavy atom. The van der Waals surface area contributed by atoms with Crippen LogP contribution in [-0.4, -0.2) is 27.8 Å². The fourth-order valence-electron chi connectivity index (χ4n) is 3.66. The molecule has 1 atom stereocenters. The van der Waals surface area contributed by atoms with E-state index in [0.717, 1.165) is 25.1 Å². The zero-order chi connectivity index (χ0) is 19.7. The summed E-state index contributed by atoms with van der Waals surface area (Å²) in [5, 5.41) is 2.78. The van der Waals surface area contributed by atoms with Crippen molar-refractivity contribution >= 4 is 33.4 Å². The van der Waals surface area contributed by atoms with Crippen molar-refractivity contribution in [2.45, 2.75) is 18.9 Å². The molecule has 4 rings (SSSR count). The highest BCUT2D eigenvalue weighted by atomic mass is 79.9. The van der Waals surface area contributed by atoms with Crippen LogP contribution < -0.4 is 5.32 Å². The van der Waals surface area contributed by atoms with Gasteiger partial charge >= 0.3 is 0 Å². The lowest BCUT2D eigenvalue weighted by molar-refractivity contribution is 0.0731. The number of likely N-dealkylation sites (tertiary alicyclic amines) is 1. The second-order valence-electron chi connectivity index (χ2n) is 6.84. The first-order chi connectivity index (χ1) is 13.5. The highest BCUT2D eigenvalue weighted by molar-refractivity contribution is 9.10. The number of anilines is 1. The first kappa shape index (κ1) is 18.6. The van der Waals surface area contributed by atoms with E-state index in [9.17, 15) is 9.59 Å². The van der Waals surface area contributed by atoms with Gasteiger partial charge in [0.25, 0.3) is 11.8 Å². The lowest BCUT2D eigenvalue weighted by Gasteiger charge is -2.25. The Hall–Kier alpha value is -2.80. The second kappa shape index (κ2) is 7.67. The molecule has 144 valence electrons. The van der Waals surface area contributed by atoms with Crippen LogP contribution in [0.15, 0.2) is 63.8 Å². The summed E-state index contributed by atoms with van der Waals surface area (Å²) < 4.78 is 7.82. The SMILES string of the molecule is Cn1cccc1C1CCCN1C(=O)c1cccc(NC(=O)c2ccc(Br)o2)c1. The maximum absolute atomic E-state index is 13.2. The van der Waals surface area contributed by atoms with E-state index in [1.807, 2.05) is 24.2 Å². The molecule has 1 fully saturated rings. The molecule has 0 spiro atoms. The largest absolute Gasteiger partial charge is 0.444 e. The van der Waals surface area contributed by atoms with Gasteiger partial charge in [0.05, 0.1) is 6.04 Å². The van der Waals surface area contributed by atoms with Crippen molar-refractivity contribution in [3.63, 3.8) is 0 Å². The molecule has 1 unspecified atom stereocenters. The van der Waals surface area contributed by atoms with Gasteiger partial charge in [-0.15, -0.1) is 0 Å². The molecule has 1 aliphatic rings. The summed E-state index contributed by atoms with van der Waals surface area (Å²) in [7, 11) is 2.00. The predicted octanol–water partition coefficient (Wildman–Crippen LogP) is 4.61. The fourth-order valence-corrected chi connectivity index (χ4v) is 3.97. The van der Waals surface area contributed by atoms with Gasteiger partial charge in [-0.05, 0) is 71.2 Å². The number of benzene rings is 1. The Morgan fingerprint density at radius 1 is 1.18 bits per heavy atom. The number of rotatable bonds is 4. The molecular formula is C21H20BrN3O3. The Kier molecular flexibility index (Phi) is 5.09. The van der Waals surface area contributed by atoms with Crippen LogP contribution in [0.25, 0.3) is 0 Å². The first-order valence-corrected chi connectivity index (χ1v) is 9.91. The van der Waals surface area contributed by atoms with Gasteiger partial charge in [0.15, 0.2) is 10.4 Å². The van der Waals surface area contributed by atoms with Crippen LogP contribution in [0.5, 0.6) is 0 Å². The number of furan rings is 1. The number of halogens is 1. The van der Waals surface area contributed by atoms with Crippen LogP contribution in [0, 0.1) is 0 Å². The van der Waals surface area contributed by atoms with Crippen molar-refractivity contribution in [2.24, 2.45) is 7.05 Å². The molecule has 7 heteroatoms. The molecule has 0 bridgehead atoms. The van der Waals surface area contributed by atoms with Gasteiger partial charge in [0.1, 0.15) is 0 Å². The predicted molar refractivity (Wildman–Crippen MR) is 109 cm³/mol. The lowest BCUT2D eigenvalue weighted by Crippen LogP contribution is -2.31. The van der Waals surface area contributed by atoms with E-state index in [4.69, 9.17) is 4.42 Å². The van der Waals surface area contributed by atoms with E-state index >= 15 is 0 Å². The standard InChI is InChI=1S/C21H20BrN3O3/c1-24-11-3-7-16(24)17-8-4-12-25(17)21(27)14-5-2-6-15(13-14)23-20(26)18-9-10-19(22)28-18/h2-3,5-7,9-11,13,17H,4,8,12H2,1H3,(H,23,26). The van der Waals surface area contributed by atoms with E-state index < -0.39 is 0 Å². The molecule has 0 saturated carbocycles. The van der Waals surface area contributed by atoms with Gasteiger partial charge < -0.3 is 19.2 Å². The van der Waals surface area contributed by atoms with Crippen molar-refractivity contribution in [3.8, 4) is 0 Å². The Balaban J connectivity index is 1.53. The molecule has 2 amide bonds. The molecule has 6 nitrogen and oxygen atoms in total. The minimum Gasteiger partial charge on any atom is -0.444 e. The summed E-state index contributed by atoms with van der Waals surface area (Å²) in [5.41, 5.74) is 2.25. The van der Waals surface area contributed by atoms with Gasteiger partial charge in [-0.25, -0.2) is 0 Å². The Morgan fingerprint density at radius 3 is 2.75 bits per heavy atom. The van der Waals surface area contributed by atoms with E-state index in [0.29, 0.717) is 15.9 Å². The van der Waals surface area contributed by atoms with E-state index in [-0.39, 0.29) is 23.6 Å². The van der Waals surface area contributed by atoms with Crippen molar-refractivity contribution < 1.29 is 14.0 Å². The van der Waals surface area contributed by atoms with Crippen LogP contribution in [-0.2, 0) is 7.05 Å². The minimum atomic E-state index is -0.363. The third-order valence-electron chi connectivity index (χ3n) is 5.00. The molecule has 1 N–H and O–H groups in total. The Labute approximate surface area is 171 Å². The van der Waals surface area contributed by atoms with Crippen LogP contribution in [0.1, 0.15) is 45.5 Å². The van der Waals surface area contributed by atoms with Crippen molar-refractivity contribution in [1.82, 2.24) is 9.47 Å². The maximum Gasteiger partial charge on any atom is 0.291 e. The maximum atomic E-state index is 13.2. The first-order valence-electron chi connectivity index (χ1n) is 9.12. The summed E-state index contributed by atoms with van der Waals surface area (Å²) >= 11 is 3.18. The van der Waals surface area contributed by atoms with Gasteiger partial charge in [-0.3, -0.25) is 9.59 Å². The van der Waals surface area contributed by atoms with Gasteiger partial charge in [-0.2, -0.15) is 0 Å². The van der Waals surface area contributed by atoms with Gasteiger partial charge in [0, 0.05) is 36.7 Å². The molecular weight excluding hydrogens is 422 g/mol. The number of amides is 2. The molecule has 3 heterocycles. The van der Waals surface area contributed by atoms with Crippen LogP contribution in [0.2, 0.25) is 0 Å². The molecule has 28 heavy (non-hydrogen) atoms. The number of carbonyl (C=O) groups excluding carboxylic acids is 2. The van der Waals surface area contributed by atoms with E-state index in [2.05, 4.69) is 31.9 Å². The van der Waals surface area contributed by atoms with Crippen LogP contribution in [0.4, 0.5) is 5.69 Å². The molecule has 2 aromatic heterocycles. The molecule has 3 aromatic rings. The lowest BCUT2D eigenvalue weighted by atomic mass is 10.1. The average molecular weight is 442 g/mol. The summed E-state index contributed by atoms with van der Waals surface area (Å²) in [5.74, 6) is -0.189. The summed E-state index contributed by atoms with van der Waals surface area (Å²) in [6.07, 6.45) is 3.93. The molecule has 1 saturated heterocycles. The van der Waals surface area contributed by atoms with Gasteiger partial charge in [0.2, 0.25) is 0 Å². The normalized spacial score (nSPS) is 16.4. The number of aryl methyl sites for hydroxylation is 1. The third-order valence-corrected chi connectivity index (χ3v) is 5.43. The van der Waals surface area contributed by atoms with Crippen LogP contribution in [0.3, 0.4) is 0 Å². The number of hydrogen-bond donors (Lipinski definition) is 1. The molecule has 1 aliphatic heterocycles. The quantitative estimate of drug-likeness (QED) is 0.642. The monoisotopic (exact) mass is 441 g/mol. The average Bonchev–Trinajstić information content (AvgIpc) is 3.41. The smallest absolute Gasteiger partial charge is 0.291 e. The highest BCUT2D eigenvalue weighted by Crippen LogP contribution is 2.33. The second-order valence-corrected chi connectivity index (χ2v) is 7.62. The summed E-state index contributed by atoms with van der Waals surface area (Å²) in [6, 6.07) is 14.4. The molecule has 0 aliphatic carbocycles. The molecule has 1 aromatic carbocycles. The number of aromatic nitrogens is 1. The van der Waals surface area contributed by atoms with Crippen molar-refractivity contribution in [2.75, 3.05) is 11.9 Å². The van der Waals surface area contributed by atoms with Crippen LogP contribution >= 0.6 is 15.9 Å². The number of nitrogens with zero attached hydrogens (tertiary/aromatic N) is 2. The number of carbonyl (C=O) groups is 2. The topological polar surface area (TPSA) is 67.5 Å². The minimum absolute atomic E-state index is 0.0273. The van der Waals surface area contributed by atoms with E-state index in [1.54, 1.807) is 36.4 Å². The Bertz CT molecular complexity index is 1020. The molecule has 0 radical (unpaired) electrons. The fraction of sp³-hybridized carbons (Fsp3) is 0.238. The van der Waals surface area contributed by atoms with Crippen molar-refractivity contribution in [1.29, 1.82) is 0 Å². The summed E-state index contributed by atoms with van der Waals surface area (Å²) in [4.78, 5) is 27.4. The van der Waals surface area contributed by atoms with E-state index in [1.165, 1.54) is 0 Å². The zero-order valence-electron chi connectivity index (χ0n) is 15.4. The highest BCUT2D eigenvalue weighted by Gasteiger charge is 2.32. The zero-order valence-corrected chi connectivity index (χ0v) is 17.0. The third kappa shape index (κ3) is 3.62. The summed E-state index contributed by atoms with van der Waals surface area (Å²) in [6.45, 7) is 0.728.